The number of β-amino-alcohol motifs (C(OH)–C–C–N with tert-alkyl or cyclic N) is 1. The Labute approximate surface area is 100 Å². The molecular formula is C13H28N2O. The summed E-state index contributed by atoms with van der Waals surface area (Å²) in [4.78, 5) is 2.40. The number of likely N-dealkylation sites (tertiary alicyclic amines) is 1. The van der Waals surface area contributed by atoms with Crippen LogP contribution < -0.4 is 5.32 Å². The van der Waals surface area contributed by atoms with Gasteiger partial charge in [0, 0.05) is 25.7 Å². The van der Waals surface area contributed by atoms with Crippen LogP contribution in [0, 0.1) is 5.92 Å². The van der Waals surface area contributed by atoms with Gasteiger partial charge in [-0.25, -0.2) is 0 Å². The van der Waals surface area contributed by atoms with Crippen LogP contribution in [-0.2, 0) is 0 Å². The van der Waals surface area contributed by atoms with Crippen LogP contribution in [-0.4, -0.2) is 47.8 Å². The fraction of sp³-hybridized carbons (Fsp3) is 1.00. The van der Waals surface area contributed by atoms with Gasteiger partial charge in [-0.05, 0) is 25.8 Å². The van der Waals surface area contributed by atoms with E-state index in [9.17, 15) is 5.11 Å². The molecule has 0 aromatic rings. The number of hydrogen-bond donors (Lipinski definition) is 2. The predicted molar refractivity (Wildman–Crippen MR) is 68.6 cm³/mol. The molecule has 0 radical (unpaired) electrons. The summed E-state index contributed by atoms with van der Waals surface area (Å²) in [6.45, 7) is 12.2. The molecule has 16 heavy (non-hydrogen) atoms. The van der Waals surface area contributed by atoms with Crippen molar-refractivity contribution in [3.8, 4) is 0 Å². The topological polar surface area (TPSA) is 35.5 Å². The molecule has 0 saturated carbocycles. The van der Waals surface area contributed by atoms with Crippen LogP contribution in [0.15, 0.2) is 0 Å². The number of aliphatic hydroxyl groups is 1. The van der Waals surface area contributed by atoms with Crippen molar-refractivity contribution in [3.63, 3.8) is 0 Å². The molecule has 0 amide bonds. The molecule has 1 aliphatic heterocycles. The van der Waals surface area contributed by atoms with Crippen molar-refractivity contribution in [2.45, 2.75) is 52.2 Å². The minimum Gasteiger partial charge on any atom is -0.388 e. The fourth-order valence-electron chi connectivity index (χ4n) is 2.35. The molecule has 2 N–H and O–H groups in total. The highest BCUT2D eigenvalue weighted by atomic mass is 16.3. The molecule has 0 aliphatic carbocycles. The first-order valence-corrected chi connectivity index (χ1v) is 6.61. The molecule has 0 bridgehead atoms. The summed E-state index contributed by atoms with van der Waals surface area (Å²) in [5.41, 5.74) is -0.604. The fourth-order valence-corrected chi connectivity index (χ4v) is 2.35. The summed E-state index contributed by atoms with van der Waals surface area (Å²) >= 11 is 0. The molecule has 1 rings (SSSR count). The van der Waals surface area contributed by atoms with Gasteiger partial charge in [-0.15, -0.1) is 0 Å². The largest absolute Gasteiger partial charge is 0.388 e. The van der Waals surface area contributed by atoms with Crippen molar-refractivity contribution in [1.82, 2.24) is 10.2 Å². The molecule has 0 aromatic heterocycles. The second-order valence-corrected chi connectivity index (χ2v) is 5.83. The lowest BCUT2D eigenvalue weighted by atomic mass is 10.1. The third-order valence-corrected chi connectivity index (χ3v) is 3.40. The maximum atomic E-state index is 10.3. The SMILES string of the molecule is CCC1CCN(CC(C)(O)CNC(C)C)C1. The quantitative estimate of drug-likeness (QED) is 0.722. The molecule has 3 heteroatoms. The van der Waals surface area contributed by atoms with Crippen LogP contribution in [0.4, 0.5) is 0 Å². The molecule has 0 aromatic carbocycles. The molecule has 2 unspecified atom stereocenters. The van der Waals surface area contributed by atoms with Crippen molar-refractivity contribution in [1.29, 1.82) is 0 Å². The van der Waals surface area contributed by atoms with Crippen molar-refractivity contribution in [2.75, 3.05) is 26.2 Å². The zero-order valence-electron chi connectivity index (χ0n) is 11.3. The zero-order valence-corrected chi connectivity index (χ0v) is 11.3. The lowest BCUT2D eigenvalue weighted by molar-refractivity contribution is 0.0243. The number of nitrogens with zero attached hydrogens (tertiary/aromatic N) is 1. The van der Waals surface area contributed by atoms with E-state index >= 15 is 0 Å². The molecule has 1 fully saturated rings. The number of nitrogens with one attached hydrogen (secondary N) is 1. The Kier molecular flexibility index (Phi) is 5.22. The minimum absolute atomic E-state index is 0.438. The summed E-state index contributed by atoms with van der Waals surface area (Å²) in [5.74, 6) is 0.842. The average molecular weight is 228 g/mol. The molecule has 1 saturated heterocycles. The molecule has 1 aliphatic rings. The first-order valence-electron chi connectivity index (χ1n) is 6.61. The highest BCUT2D eigenvalue weighted by Gasteiger charge is 2.28. The van der Waals surface area contributed by atoms with Crippen LogP contribution in [0.3, 0.4) is 0 Å². The maximum absolute atomic E-state index is 10.3. The van der Waals surface area contributed by atoms with E-state index in [0.29, 0.717) is 12.6 Å². The second kappa shape index (κ2) is 5.99. The van der Waals surface area contributed by atoms with E-state index in [1.807, 2.05) is 6.92 Å². The Morgan fingerprint density at radius 1 is 1.50 bits per heavy atom. The third kappa shape index (κ3) is 4.81. The smallest absolute Gasteiger partial charge is 0.0869 e. The van der Waals surface area contributed by atoms with E-state index in [0.717, 1.165) is 25.6 Å². The maximum Gasteiger partial charge on any atom is 0.0869 e. The van der Waals surface area contributed by atoms with Gasteiger partial charge in [0.2, 0.25) is 0 Å². The van der Waals surface area contributed by atoms with E-state index < -0.39 is 5.60 Å². The normalized spacial score (nSPS) is 26.2. The second-order valence-electron chi connectivity index (χ2n) is 5.83. The number of rotatable bonds is 6. The monoisotopic (exact) mass is 228 g/mol. The van der Waals surface area contributed by atoms with Gasteiger partial charge < -0.3 is 15.3 Å². The predicted octanol–water partition coefficient (Wildman–Crippen LogP) is 1.47. The van der Waals surface area contributed by atoms with Crippen LogP contribution >= 0.6 is 0 Å². The van der Waals surface area contributed by atoms with E-state index in [-0.39, 0.29) is 0 Å². The molecular weight excluding hydrogens is 200 g/mol. The average Bonchev–Trinajstić information content (AvgIpc) is 2.62. The van der Waals surface area contributed by atoms with Crippen molar-refractivity contribution >= 4 is 0 Å². The Morgan fingerprint density at radius 2 is 2.19 bits per heavy atom. The molecule has 3 nitrogen and oxygen atoms in total. The highest BCUT2D eigenvalue weighted by Crippen LogP contribution is 2.20. The van der Waals surface area contributed by atoms with Gasteiger partial charge in [0.1, 0.15) is 0 Å². The molecule has 0 spiro atoms. The van der Waals surface area contributed by atoms with Gasteiger partial charge >= 0.3 is 0 Å². The Morgan fingerprint density at radius 3 is 2.69 bits per heavy atom. The van der Waals surface area contributed by atoms with E-state index in [1.165, 1.54) is 12.8 Å². The number of hydrogen-bond acceptors (Lipinski definition) is 3. The highest BCUT2D eigenvalue weighted by molar-refractivity contribution is 4.84. The Bertz CT molecular complexity index is 204. The molecule has 2 atom stereocenters. The summed E-state index contributed by atoms with van der Waals surface area (Å²) in [7, 11) is 0. The van der Waals surface area contributed by atoms with Gasteiger partial charge in [-0.3, -0.25) is 0 Å². The van der Waals surface area contributed by atoms with Gasteiger partial charge in [0.15, 0.2) is 0 Å². The van der Waals surface area contributed by atoms with E-state index in [1.54, 1.807) is 0 Å². The van der Waals surface area contributed by atoms with Crippen molar-refractivity contribution in [2.24, 2.45) is 5.92 Å². The summed E-state index contributed by atoms with van der Waals surface area (Å²) in [5, 5.41) is 13.6. The van der Waals surface area contributed by atoms with Crippen molar-refractivity contribution in [3.05, 3.63) is 0 Å². The van der Waals surface area contributed by atoms with Crippen LogP contribution in [0.5, 0.6) is 0 Å². The van der Waals surface area contributed by atoms with Crippen LogP contribution in [0.1, 0.15) is 40.5 Å². The van der Waals surface area contributed by atoms with Crippen LogP contribution in [0.2, 0.25) is 0 Å². The van der Waals surface area contributed by atoms with E-state index in [2.05, 4.69) is 31.0 Å². The first kappa shape index (κ1) is 13.9. The zero-order chi connectivity index (χ0) is 12.2. The summed E-state index contributed by atoms with van der Waals surface area (Å²) < 4.78 is 0. The van der Waals surface area contributed by atoms with Gasteiger partial charge in [0.25, 0.3) is 0 Å². The molecule has 96 valence electrons. The first-order chi connectivity index (χ1) is 7.43. The minimum atomic E-state index is -0.604. The Balaban J connectivity index is 2.29. The summed E-state index contributed by atoms with van der Waals surface area (Å²) in [6.07, 6.45) is 2.56. The van der Waals surface area contributed by atoms with Gasteiger partial charge in [0.05, 0.1) is 5.60 Å². The lowest BCUT2D eigenvalue weighted by Gasteiger charge is -2.30. The van der Waals surface area contributed by atoms with E-state index in [4.69, 9.17) is 0 Å². The third-order valence-electron chi connectivity index (χ3n) is 3.40. The summed E-state index contributed by atoms with van der Waals surface area (Å²) in [6, 6.07) is 0.438. The standard InChI is InChI=1S/C13H28N2O/c1-5-12-6-7-15(8-12)10-13(4,16)9-14-11(2)3/h11-12,14,16H,5-10H2,1-4H3. The van der Waals surface area contributed by atoms with Crippen molar-refractivity contribution < 1.29 is 5.11 Å². The van der Waals surface area contributed by atoms with Crippen LogP contribution in [0.25, 0.3) is 0 Å². The Hall–Kier alpha value is -0.120. The molecule has 1 heterocycles. The van der Waals surface area contributed by atoms with Gasteiger partial charge in [-0.1, -0.05) is 27.2 Å². The van der Waals surface area contributed by atoms with Gasteiger partial charge in [-0.2, -0.15) is 0 Å². The lowest BCUT2D eigenvalue weighted by Crippen LogP contribution is -2.48.